The molecule has 0 saturated carbocycles. The van der Waals surface area contributed by atoms with Gasteiger partial charge in [-0.3, -0.25) is 0 Å². The predicted octanol–water partition coefficient (Wildman–Crippen LogP) is 3.26. The van der Waals surface area contributed by atoms with Crippen molar-refractivity contribution in [3.63, 3.8) is 0 Å². The first-order valence-corrected chi connectivity index (χ1v) is 6.01. The summed E-state index contributed by atoms with van der Waals surface area (Å²) in [5, 5.41) is 0. The van der Waals surface area contributed by atoms with Crippen molar-refractivity contribution in [1.82, 2.24) is 0 Å². The van der Waals surface area contributed by atoms with Gasteiger partial charge < -0.3 is 10.5 Å². The number of thiocarbonyl (C=S) groups is 1. The molecular formula is C13H19NOS. The maximum Gasteiger partial charge on any atom is 0.119 e. The van der Waals surface area contributed by atoms with E-state index in [2.05, 4.69) is 26.0 Å². The fourth-order valence-electron chi connectivity index (χ4n) is 1.40. The predicted molar refractivity (Wildman–Crippen MR) is 72.0 cm³/mol. The van der Waals surface area contributed by atoms with Crippen LogP contribution in [0.3, 0.4) is 0 Å². The Hall–Kier alpha value is -1.09. The van der Waals surface area contributed by atoms with E-state index in [1.54, 1.807) is 0 Å². The van der Waals surface area contributed by atoms with Crippen LogP contribution < -0.4 is 10.5 Å². The zero-order chi connectivity index (χ0) is 12.0. The summed E-state index contributed by atoms with van der Waals surface area (Å²) in [5.74, 6) is 1.45. The lowest BCUT2D eigenvalue weighted by Crippen LogP contribution is -2.09. The van der Waals surface area contributed by atoms with Gasteiger partial charge in [0.1, 0.15) is 5.75 Å². The quantitative estimate of drug-likeness (QED) is 0.609. The Bertz CT molecular complexity index is 350. The highest BCUT2D eigenvalue weighted by Crippen LogP contribution is 2.20. The standard InChI is InChI=1S/C13H19NOS/c1-10(2)11-5-3-6-12(9-11)15-8-4-7-13(14)16/h3,5-6,9-10H,4,7-8H2,1-2H3,(H2,14,16). The number of rotatable bonds is 6. The highest BCUT2D eigenvalue weighted by Gasteiger charge is 2.00. The molecular weight excluding hydrogens is 218 g/mol. The first-order chi connectivity index (χ1) is 7.59. The van der Waals surface area contributed by atoms with Crippen molar-refractivity contribution in [2.75, 3.05) is 6.61 Å². The first kappa shape index (κ1) is 13.0. The van der Waals surface area contributed by atoms with Gasteiger partial charge in [-0.15, -0.1) is 0 Å². The monoisotopic (exact) mass is 237 g/mol. The van der Waals surface area contributed by atoms with Crippen molar-refractivity contribution in [2.45, 2.75) is 32.6 Å². The summed E-state index contributed by atoms with van der Waals surface area (Å²) in [4.78, 5) is 0.555. The van der Waals surface area contributed by atoms with Gasteiger partial charge in [0, 0.05) is 6.42 Å². The highest BCUT2D eigenvalue weighted by atomic mass is 32.1. The lowest BCUT2D eigenvalue weighted by atomic mass is 10.0. The second kappa shape index (κ2) is 6.48. The minimum absolute atomic E-state index is 0.528. The summed E-state index contributed by atoms with van der Waals surface area (Å²) in [5.41, 5.74) is 6.71. The summed E-state index contributed by atoms with van der Waals surface area (Å²) >= 11 is 4.80. The number of hydrogen-bond acceptors (Lipinski definition) is 2. The Balaban J connectivity index is 2.42. The minimum Gasteiger partial charge on any atom is -0.494 e. The van der Waals surface area contributed by atoms with Gasteiger partial charge >= 0.3 is 0 Å². The molecule has 0 bridgehead atoms. The number of benzene rings is 1. The molecule has 88 valence electrons. The molecule has 0 atom stereocenters. The van der Waals surface area contributed by atoms with Gasteiger partial charge in [0.15, 0.2) is 0 Å². The Morgan fingerprint density at radius 1 is 1.44 bits per heavy atom. The number of ether oxygens (including phenoxy) is 1. The Kier molecular flexibility index (Phi) is 5.26. The highest BCUT2D eigenvalue weighted by molar-refractivity contribution is 7.80. The summed E-state index contributed by atoms with van der Waals surface area (Å²) in [6.07, 6.45) is 1.63. The van der Waals surface area contributed by atoms with Crippen molar-refractivity contribution < 1.29 is 4.74 Å². The molecule has 0 amide bonds. The topological polar surface area (TPSA) is 35.2 Å². The molecule has 1 rings (SSSR count). The second-order valence-corrected chi connectivity index (χ2v) is 4.67. The molecule has 0 aliphatic heterocycles. The van der Waals surface area contributed by atoms with Gasteiger partial charge in [0.2, 0.25) is 0 Å². The molecule has 0 aromatic heterocycles. The van der Waals surface area contributed by atoms with E-state index in [0.29, 0.717) is 17.5 Å². The largest absolute Gasteiger partial charge is 0.494 e. The van der Waals surface area contributed by atoms with Crippen molar-refractivity contribution in [3.05, 3.63) is 29.8 Å². The normalized spacial score (nSPS) is 10.4. The number of hydrogen-bond donors (Lipinski definition) is 1. The van der Waals surface area contributed by atoms with Gasteiger partial charge in [-0.25, -0.2) is 0 Å². The summed E-state index contributed by atoms with van der Waals surface area (Å²) < 4.78 is 5.63. The number of nitrogens with two attached hydrogens (primary N) is 1. The zero-order valence-electron chi connectivity index (χ0n) is 9.90. The van der Waals surface area contributed by atoms with Crippen LogP contribution in [0.25, 0.3) is 0 Å². The maximum absolute atomic E-state index is 5.63. The van der Waals surface area contributed by atoms with Crippen molar-refractivity contribution >= 4 is 17.2 Å². The van der Waals surface area contributed by atoms with E-state index in [1.807, 2.05) is 12.1 Å². The van der Waals surface area contributed by atoms with Crippen molar-refractivity contribution in [2.24, 2.45) is 5.73 Å². The van der Waals surface area contributed by atoms with Gasteiger partial charge in [-0.05, 0) is 30.0 Å². The van der Waals surface area contributed by atoms with Crippen molar-refractivity contribution in [3.8, 4) is 5.75 Å². The van der Waals surface area contributed by atoms with E-state index < -0.39 is 0 Å². The second-order valence-electron chi connectivity index (χ2n) is 4.15. The lowest BCUT2D eigenvalue weighted by Gasteiger charge is -2.09. The minimum atomic E-state index is 0.528. The van der Waals surface area contributed by atoms with Crippen LogP contribution in [0.2, 0.25) is 0 Å². The molecule has 0 unspecified atom stereocenters. The van der Waals surface area contributed by atoms with E-state index in [9.17, 15) is 0 Å². The summed E-state index contributed by atoms with van der Waals surface area (Å²) in [7, 11) is 0. The molecule has 0 heterocycles. The van der Waals surface area contributed by atoms with Gasteiger partial charge in [0.25, 0.3) is 0 Å². The molecule has 0 aliphatic carbocycles. The Morgan fingerprint density at radius 3 is 2.81 bits per heavy atom. The zero-order valence-corrected chi connectivity index (χ0v) is 10.7. The smallest absolute Gasteiger partial charge is 0.119 e. The molecule has 0 fully saturated rings. The molecule has 0 aliphatic rings. The lowest BCUT2D eigenvalue weighted by molar-refractivity contribution is 0.313. The van der Waals surface area contributed by atoms with Crippen LogP contribution >= 0.6 is 12.2 Å². The molecule has 0 saturated heterocycles. The van der Waals surface area contributed by atoms with Crippen LogP contribution in [0.15, 0.2) is 24.3 Å². The summed E-state index contributed by atoms with van der Waals surface area (Å²) in [6, 6.07) is 8.21. The Morgan fingerprint density at radius 2 is 2.19 bits per heavy atom. The maximum atomic E-state index is 5.63. The van der Waals surface area contributed by atoms with Crippen LogP contribution in [0.1, 0.15) is 38.2 Å². The molecule has 2 nitrogen and oxygen atoms in total. The van der Waals surface area contributed by atoms with Gasteiger partial charge in [-0.1, -0.05) is 38.2 Å². The van der Waals surface area contributed by atoms with Crippen LogP contribution in [0.4, 0.5) is 0 Å². The molecule has 1 aromatic rings. The molecule has 3 heteroatoms. The van der Waals surface area contributed by atoms with Crippen LogP contribution in [-0.2, 0) is 0 Å². The van der Waals surface area contributed by atoms with E-state index in [0.717, 1.165) is 18.6 Å². The average molecular weight is 237 g/mol. The van der Waals surface area contributed by atoms with Gasteiger partial charge in [-0.2, -0.15) is 0 Å². The Labute approximate surface area is 103 Å². The molecule has 0 radical (unpaired) electrons. The molecule has 0 spiro atoms. The summed E-state index contributed by atoms with van der Waals surface area (Å²) in [6.45, 7) is 5.01. The van der Waals surface area contributed by atoms with E-state index in [4.69, 9.17) is 22.7 Å². The fraction of sp³-hybridized carbons (Fsp3) is 0.462. The van der Waals surface area contributed by atoms with Gasteiger partial charge in [0.05, 0.1) is 11.6 Å². The first-order valence-electron chi connectivity index (χ1n) is 5.60. The van der Waals surface area contributed by atoms with Crippen LogP contribution in [0.5, 0.6) is 5.75 Å². The third-order valence-electron chi connectivity index (χ3n) is 2.36. The molecule has 16 heavy (non-hydrogen) atoms. The fourth-order valence-corrected chi connectivity index (χ4v) is 1.54. The van der Waals surface area contributed by atoms with Crippen molar-refractivity contribution in [1.29, 1.82) is 0 Å². The third-order valence-corrected chi connectivity index (χ3v) is 2.57. The van der Waals surface area contributed by atoms with Crippen LogP contribution in [-0.4, -0.2) is 11.6 Å². The van der Waals surface area contributed by atoms with Crippen LogP contribution in [0, 0.1) is 0 Å². The third kappa shape index (κ3) is 4.62. The van der Waals surface area contributed by atoms with E-state index in [-0.39, 0.29) is 0 Å². The molecule has 2 N–H and O–H groups in total. The average Bonchev–Trinajstić information content (AvgIpc) is 2.24. The van der Waals surface area contributed by atoms with E-state index >= 15 is 0 Å². The SMILES string of the molecule is CC(C)c1cccc(OCCCC(N)=S)c1. The van der Waals surface area contributed by atoms with E-state index in [1.165, 1.54) is 5.56 Å². The molecule has 1 aromatic carbocycles.